The molecule has 92 valence electrons. The Morgan fingerprint density at radius 2 is 1.94 bits per heavy atom. The normalized spacial score (nSPS) is 11.6. The summed E-state index contributed by atoms with van der Waals surface area (Å²) in [7, 11) is 0. The van der Waals surface area contributed by atoms with Crippen molar-refractivity contribution in [1.29, 1.82) is 0 Å². The third kappa shape index (κ3) is 2.20. The topological polar surface area (TPSA) is 58.6 Å². The van der Waals surface area contributed by atoms with Crippen molar-refractivity contribution >= 4 is 11.0 Å². The van der Waals surface area contributed by atoms with Crippen LogP contribution in [0.15, 0.2) is 17.1 Å². The number of hydrogen-bond acceptors (Lipinski definition) is 3. The zero-order valence-electron chi connectivity index (χ0n) is 10.6. The van der Waals surface area contributed by atoms with Crippen molar-refractivity contribution < 1.29 is 1.43 Å². The van der Waals surface area contributed by atoms with Gasteiger partial charge in [-0.3, -0.25) is 4.79 Å². The number of hydrogen-bond donors (Lipinski definition) is 1. The lowest BCUT2D eigenvalue weighted by Crippen LogP contribution is -2.09. The first-order valence-electron chi connectivity index (χ1n) is 5.89. The highest BCUT2D eigenvalue weighted by Crippen LogP contribution is 2.14. The van der Waals surface area contributed by atoms with Gasteiger partial charge in [0, 0.05) is 25.3 Å². The summed E-state index contributed by atoms with van der Waals surface area (Å²) in [5.41, 5.74) is 1.54. The van der Waals surface area contributed by atoms with E-state index >= 15 is 0 Å². The van der Waals surface area contributed by atoms with Gasteiger partial charge in [-0.2, -0.15) is 0 Å². The molecule has 1 N–H and O–H groups in total. The van der Waals surface area contributed by atoms with E-state index in [1.807, 2.05) is 27.7 Å². The van der Waals surface area contributed by atoms with E-state index in [-0.39, 0.29) is 18.7 Å². The standard InChI is InChI=1S/C13H17N3O.H2/c1-7(2)10-5-11(17)9-6-14-12(8(3)4)16-13(9)15-10;/h5-8H,1-4H3,(H,14,15,16,17);1H. The van der Waals surface area contributed by atoms with Crippen molar-refractivity contribution in [2.45, 2.75) is 39.5 Å². The number of aromatic nitrogens is 3. The van der Waals surface area contributed by atoms with Gasteiger partial charge in [0.05, 0.1) is 5.39 Å². The van der Waals surface area contributed by atoms with Crippen LogP contribution in [-0.4, -0.2) is 15.0 Å². The second-order valence-electron chi connectivity index (χ2n) is 4.89. The molecule has 0 aromatic carbocycles. The summed E-state index contributed by atoms with van der Waals surface area (Å²) in [6, 6.07) is 1.63. The van der Waals surface area contributed by atoms with Crippen molar-refractivity contribution in [3.8, 4) is 0 Å². The summed E-state index contributed by atoms with van der Waals surface area (Å²) in [5, 5.41) is 0.554. The van der Waals surface area contributed by atoms with Crippen molar-refractivity contribution in [1.82, 2.24) is 15.0 Å². The molecule has 0 aliphatic heterocycles. The molecule has 4 heteroatoms. The third-order valence-corrected chi connectivity index (χ3v) is 2.76. The molecule has 0 radical (unpaired) electrons. The summed E-state index contributed by atoms with van der Waals surface area (Å²) >= 11 is 0. The SMILES string of the molecule is CC(C)c1ncc2c(=O)cc(C(C)C)[nH]c2n1.[HH]. The van der Waals surface area contributed by atoms with E-state index in [4.69, 9.17) is 0 Å². The maximum Gasteiger partial charge on any atom is 0.192 e. The fourth-order valence-corrected chi connectivity index (χ4v) is 1.65. The largest absolute Gasteiger partial charge is 0.343 e. The van der Waals surface area contributed by atoms with E-state index in [0.717, 1.165) is 11.5 Å². The molecular formula is C13H19N3O. The van der Waals surface area contributed by atoms with Gasteiger partial charge in [0.2, 0.25) is 0 Å². The summed E-state index contributed by atoms with van der Waals surface area (Å²) in [4.78, 5) is 23.7. The van der Waals surface area contributed by atoms with E-state index in [9.17, 15) is 4.79 Å². The summed E-state index contributed by atoms with van der Waals surface area (Å²) in [6.07, 6.45) is 1.61. The first-order valence-corrected chi connectivity index (χ1v) is 5.89. The molecule has 0 aliphatic rings. The number of fused-ring (bicyclic) bond motifs is 1. The second-order valence-corrected chi connectivity index (χ2v) is 4.89. The molecule has 0 amide bonds. The van der Waals surface area contributed by atoms with E-state index in [0.29, 0.717) is 11.0 Å². The molecule has 0 bridgehead atoms. The molecule has 0 aliphatic carbocycles. The molecule has 2 rings (SSSR count). The van der Waals surface area contributed by atoms with E-state index in [1.54, 1.807) is 12.3 Å². The van der Waals surface area contributed by atoms with Crippen LogP contribution in [0.1, 0.15) is 52.5 Å². The predicted octanol–water partition coefficient (Wildman–Crippen LogP) is 2.81. The Labute approximate surface area is 102 Å². The van der Waals surface area contributed by atoms with Crippen LogP contribution in [0.4, 0.5) is 0 Å². The van der Waals surface area contributed by atoms with E-state index < -0.39 is 0 Å². The van der Waals surface area contributed by atoms with Gasteiger partial charge in [-0.05, 0) is 5.92 Å². The van der Waals surface area contributed by atoms with Crippen LogP contribution in [0.5, 0.6) is 0 Å². The Morgan fingerprint density at radius 1 is 1.24 bits per heavy atom. The van der Waals surface area contributed by atoms with Gasteiger partial charge in [-0.1, -0.05) is 27.7 Å². The maximum absolute atomic E-state index is 11.9. The zero-order valence-corrected chi connectivity index (χ0v) is 10.6. The van der Waals surface area contributed by atoms with Gasteiger partial charge in [-0.15, -0.1) is 0 Å². The molecule has 2 aromatic heterocycles. The van der Waals surface area contributed by atoms with Crippen molar-refractivity contribution in [3.05, 3.63) is 34.0 Å². The Bertz CT molecular complexity index is 599. The van der Waals surface area contributed by atoms with Crippen LogP contribution < -0.4 is 5.43 Å². The lowest BCUT2D eigenvalue weighted by molar-refractivity contribution is 0.775. The van der Waals surface area contributed by atoms with Crippen LogP contribution in [-0.2, 0) is 0 Å². The lowest BCUT2D eigenvalue weighted by Gasteiger charge is -2.08. The third-order valence-electron chi connectivity index (χ3n) is 2.76. The highest BCUT2D eigenvalue weighted by atomic mass is 16.1. The molecule has 0 saturated carbocycles. The zero-order chi connectivity index (χ0) is 12.6. The number of H-pyrrole nitrogens is 1. The summed E-state index contributed by atoms with van der Waals surface area (Å²) in [6.45, 7) is 8.15. The van der Waals surface area contributed by atoms with Crippen LogP contribution in [0.3, 0.4) is 0 Å². The Morgan fingerprint density at radius 3 is 2.53 bits per heavy atom. The number of pyridine rings is 1. The summed E-state index contributed by atoms with van der Waals surface area (Å²) in [5.74, 6) is 1.30. The first kappa shape index (κ1) is 11.8. The minimum Gasteiger partial charge on any atom is -0.343 e. The molecule has 2 aromatic rings. The van der Waals surface area contributed by atoms with Crippen LogP contribution in [0.2, 0.25) is 0 Å². The molecule has 0 unspecified atom stereocenters. The fourth-order valence-electron chi connectivity index (χ4n) is 1.65. The van der Waals surface area contributed by atoms with Crippen molar-refractivity contribution in [3.63, 3.8) is 0 Å². The average Bonchev–Trinajstić information content (AvgIpc) is 2.27. The number of nitrogens with zero attached hydrogens (tertiary/aromatic N) is 2. The van der Waals surface area contributed by atoms with Crippen LogP contribution in [0.25, 0.3) is 11.0 Å². The highest BCUT2D eigenvalue weighted by Gasteiger charge is 2.09. The quantitative estimate of drug-likeness (QED) is 0.867. The number of aromatic amines is 1. The van der Waals surface area contributed by atoms with Crippen molar-refractivity contribution in [2.75, 3.05) is 0 Å². The fraction of sp³-hybridized carbons (Fsp3) is 0.462. The Kier molecular flexibility index (Phi) is 2.96. The van der Waals surface area contributed by atoms with Gasteiger partial charge >= 0.3 is 0 Å². The Hall–Kier alpha value is -1.71. The van der Waals surface area contributed by atoms with E-state index in [2.05, 4.69) is 15.0 Å². The molecule has 4 nitrogen and oxygen atoms in total. The van der Waals surface area contributed by atoms with Crippen molar-refractivity contribution in [2.24, 2.45) is 0 Å². The monoisotopic (exact) mass is 233 g/mol. The smallest absolute Gasteiger partial charge is 0.192 e. The molecule has 0 fully saturated rings. The van der Waals surface area contributed by atoms with Crippen LogP contribution >= 0.6 is 0 Å². The lowest BCUT2D eigenvalue weighted by atomic mass is 10.1. The molecule has 0 spiro atoms. The first-order chi connectivity index (χ1) is 7.99. The van der Waals surface area contributed by atoms with E-state index in [1.165, 1.54) is 0 Å². The minimum atomic E-state index is -0.0160. The number of nitrogens with one attached hydrogen (secondary N) is 1. The van der Waals surface area contributed by atoms with Gasteiger partial charge in [0.25, 0.3) is 0 Å². The minimum absolute atomic E-state index is 0. The van der Waals surface area contributed by atoms with Crippen LogP contribution in [0, 0.1) is 0 Å². The Balaban J connectivity index is 0.00000162. The second kappa shape index (κ2) is 4.28. The highest BCUT2D eigenvalue weighted by molar-refractivity contribution is 5.73. The molecule has 0 saturated heterocycles. The van der Waals surface area contributed by atoms with Gasteiger partial charge in [0.15, 0.2) is 5.43 Å². The van der Waals surface area contributed by atoms with Gasteiger partial charge in [-0.25, -0.2) is 9.97 Å². The molecule has 0 atom stereocenters. The molecule has 17 heavy (non-hydrogen) atoms. The molecular weight excluding hydrogens is 214 g/mol. The maximum atomic E-state index is 11.9. The average molecular weight is 233 g/mol. The number of rotatable bonds is 2. The van der Waals surface area contributed by atoms with Gasteiger partial charge in [0.1, 0.15) is 11.5 Å². The van der Waals surface area contributed by atoms with Gasteiger partial charge < -0.3 is 4.98 Å². The predicted molar refractivity (Wildman–Crippen MR) is 70.5 cm³/mol. The summed E-state index contributed by atoms with van der Waals surface area (Å²) < 4.78 is 0. The molecule has 2 heterocycles.